The molecule has 2 amide bonds. The molecule has 0 bridgehead atoms. The average Bonchev–Trinajstić information content (AvgIpc) is 2.55. The van der Waals surface area contributed by atoms with Gasteiger partial charge in [0.05, 0.1) is 12.1 Å². The maximum atomic E-state index is 11.7. The van der Waals surface area contributed by atoms with E-state index in [0.717, 1.165) is 10.5 Å². The van der Waals surface area contributed by atoms with Crippen LogP contribution in [0.3, 0.4) is 0 Å². The van der Waals surface area contributed by atoms with E-state index < -0.39 is 0 Å². The second kappa shape index (κ2) is 4.26. The highest BCUT2D eigenvalue weighted by Gasteiger charge is 2.33. The number of amides is 2. The Hall–Kier alpha value is -2.34. The highest BCUT2D eigenvalue weighted by Crippen LogP contribution is 2.25. The quantitative estimate of drug-likeness (QED) is 0.436. The van der Waals surface area contributed by atoms with Gasteiger partial charge in [0.15, 0.2) is 0 Å². The molecule has 3 nitrogen and oxygen atoms in total. The van der Waals surface area contributed by atoms with Crippen molar-refractivity contribution in [3.63, 3.8) is 0 Å². The molecule has 0 aliphatic carbocycles. The zero-order valence-electron chi connectivity index (χ0n) is 9.27. The zero-order chi connectivity index (χ0) is 12.4. The van der Waals surface area contributed by atoms with Crippen molar-refractivity contribution in [1.29, 1.82) is 0 Å². The molecule has 1 heterocycles. The molecule has 1 aromatic carbocycles. The Balaban J connectivity index is 2.29. The number of terminal acetylenes is 1. The van der Waals surface area contributed by atoms with E-state index in [9.17, 15) is 9.59 Å². The Morgan fingerprint density at radius 1 is 1.29 bits per heavy atom. The average molecular weight is 225 g/mol. The number of imide groups is 1. The van der Waals surface area contributed by atoms with Gasteiger partial charge in [0.25, 0.3) is 5.91 Å². The Bertz CT molecular complexity index is 534. The van der Waals surface area contributed by atoms with Crippen LogP contribution in [-0.2, 0) is 16.0 Å². The van der Waals surface area contributed by atoms with Crippen LogP contribution in [0, 0.1) is 12.3 Å². The van der Waals surface area contributed by atoms with Crippen LogP contribution >= 0.6 is 0 Å². The lowest BCUT2D eigenvalue weighted by atomic mass is 10.1. The van der Waals surface area contributed by atoms with Gasteiger partial charge in [0.2, 0.25) is 5.91 Å². The molecule has 0 aromatic heterocycles. The molecule has 1 fully saturated rings. The van der Waals surface area contributed by atoms with Crippen molar-refractivity contribution in [2.24, 2.45) is 0 Å². The van der Waals surface area contributed by atoms with Gasteiger partial charge in [-0.05, 0) is 17.7 Å². The minimum absolute atomic E-state index is 0.102. The van der Waals surface area contributed by atoms with E-state index in [4.69, 9.17) is 6.42 Å². The number of hydrogen-bond acceptors (Lipinski definition) is 2. The van der Waals surface area contributed by atoms with E-state index in [2.05, 4.69) is 12.5 Å². The molecule has 17 heavy (non-hydrogen) atoms. The predicted molar refractivity (Wildman–Crippen MR) is 65.2 cm³/mol. The minimum atomic E-state index is -0.320. The standard InChI is InChI=1S/C14H11NO2/c1-3-4-11-5-7-12(8-6-11)15-13(16)9-10(2)14(15)17/h1,5-8H,2,4,9H2. The first-order valence-electron chi connectivity index (χ1n) is 5.21. The van der Waals surface area contributed by atoms with Crippen molar-refractivity contribution in [1.82, 2.24) is 0 Å². The molecule has 0 atom stereocenters. The molecule has 0 unspecified atom stereocenters. The van der Waals surface area contributed by atoms with E-state index in [-0.39, 0.29) is 18.2 Å². The molecule has 0 saturated carbocycles. The lowest BCUT2D eigenvalue weighted by Crippen LogP contribution is -2.28. The molecule has 0 N–H and O–H groups in total. The summed E-state index contributed by atoms with van der Waals surface area (Å²) in [6.07, 6.45) is 5.84. The third-order valence-electron chi connectivity index (χ3n) is 2.62. The monoisotopic (exact) mass is 225 g/mol. The number of hydrogen-bond donors (Lipinski definition) is 0. The SMILES string of the molecule is C#CCc1ccc(N2C(=O)CC(=C)C2=O)cc1. The van der Waals surface area contributed by atoms with Gasteiger partial charge >= 0.3 is 0 Å². The third-order valence-corrected chi connectivity index (χ3v) is 2.62. The van der Waals surface area contributed by atoms with Crippen LogP contribution in [0.25, 0.3) is 0 Å². The number of nitrogens with zero attached hydrogens (tertiary/aromatic N) is 1. The minimum Gasteiger partial charge on any atom is -0.274 e. The fraction of sp³-hybridized carbons (Fsp3) is 0.143. The normalized spacial score (nSPS) is 15.2. The summed E-state index contributed by atoms with van der Waals surface area (Å²) < 4.78 is 0. The van der Waals surface area contributed by atoms with E-state index in [1.54, 1.807) is 12.1 Å². The molecule has 1 saturated heterocycles. The van der Waals surface area contributed by atoms with Crippen molar-refractivity contribution >= 4 is 17.5 Å². The zero-order valence-corrected chi connectivity index (χ0v) is 9.27. The summed E-state index contributed by atoms with van der Waals surface area (Å²) in [7, 11) is 0. The molecule has 84 valence electrons. The van der Waals surface area contributed by atoms with Crippen molar-refractivity contribution in [2.75, 3.05) is 4.90 Å². The highest BCUT2D eigenvalue weighted by molar-refractivity contribution is 6.27. The summed E-state index contributed by atoms with van der Waals surface area (Å²) >= 11 is 0. The fourth-order valence-electron chi connectivity index (χ4n) is 1.75. The maximum Gasteiger partial charge on any atom is 0.260 e. The van der Waals surface area contributed by atoms with E-state index in [0.29, 0.717) is 17.7 Å². The van der Waals surface area contributed by atoms with Crippen LogP contribution in [0.2, 0.25) is 0 Å². The van der Waals surface area contributed by atoms with Crippen molar-refractivity contribution in [3.8, 4) is 12.3 Å². The van der Waals surface area contributed by atoms with Crippen molar-refractivity contribution in [3.05, 3.63) is 42.0 Å². The third kappa shape index (κ3) is 1.98. The van der Waals surface area contributed by atoms with E-state index in [1.807, 2.05) is 12.1 Å². The van der Waals surface area contributed by atoms with Crippen LogP contribution in [0.1, 0.15) is 12.0 Å². The van der Waals surface area contributed by atoms with Gasteiger partial charge in [-0.15, -0.1) is 12.3 Å². The van der Waals surface area contributed by atoms with Gasteiger partial charge in [0, 0.05) is 12.0 Å². The van der Waals surface area contributed by atoms with Crippen LogP contribution in [0.15, 0.2) is 36.4 Å². The van der Waals surface area contributed by atoms with Gasteiger partial charge in [-0.1, -0.05) is 18.7 Å². The maximum absolute atomic E-state index is 11.7. The summed E-state index contributed by atoms with van der Waals surface area (Å²) in [5, 5.41) is 0. The first-order valence-corrected chi connectivity index (χ1v) is 5.21. The van der Waals surface area contributed by atoms with E-state index >= 15 is 0 Å². The summed E-state index contributed by atoms with van der Waals surface area (Å²) in [5.41, 5.74) is 1.89. The molecular formula is C14H11NO2. The van der Waals surface area contributed by atoms with Crippen LogP contribution in [0.5, 0.6) is 0 Å². The molecular weight excluding hydrogens is 214 g/mol. The molecule has 3 heteroatoms. The summed E-state index contributed by atoms with van der Waals surface area (Å²) in [6.45, 7) is 3.57. The molecule has 0 radical (unpaired) electrons. The summed E-state index contributed by atoms with van der Waals surface area (Å²) in [6, 6.07) is 7.08. The smallest absolute Gasteiger partial charge is 0.260 e. The Kier molecular flexibility index (Phi) is 2.80. The van der Waals surface area contributed by atoms with Gasteiger partial charge in [0.1, 0.15) is 0 Å². The number of carbonyl (C=O) groups is 2. The molecule has 1 aliphatic rings. The Labute approximate surface area is 99.7 Å². The topological polar surface area (TPSA) is 37.4 Å². The van der Waals surface area contributed by atoms with Crippen molar-refractivity contribution < 1.29 is 9.59 Å². The molecule has 0 spiro atoms. The molecule has 2 rings (SSSR count). The second-order valence-corrected chi connectivity index (χ2v) is 3.86. The number of anilines is 1. The first kappa shape index (κ1) is 11.2. The molecule has 1 aliphatic heterocycles. The summed E-state index contributed by atoms with van der Waals surface area (Å²) in [4.78, 5) is 24.5. The highest BCUT2D eigenvalue weighted by atomic mass is 16.2. The number of rotatable bonds is 2. The van der Waals surface area contributed by atoms with Gasteiger partial charge in [-0.3, -0.25) is 9.59 Å². The number of carbonyl (C=O) groups excluding carboxylic acids is 2. The van der Waals surface area contributed by atoms with Crippen LogP contribution < -0.4 is 4.90 Å². The van der Waals surface area contributed by atoms with Gasteiger partial charge in [-0.25, -0.2) is 4.90 Å². The second-order valence-electron chi connectivity index (χ2n) is 3.86. The Morgan fingerprint density at radius 3 is 2.41 bits per heavy atom. The first-order chi connectivity index (χ1) is 8.13. The fourth-order valence-corrected chi connectivity index (χ4v) is 1.75. The van der Waals surface area contributed by atoms with Crippen LogP contribution in [-0.4, -0.2) is 11.8 Å². The van der Waals surface area contributed by atoms with Gasteiger partial charge < -0.3 is 0 Å². The van der Waals surface area contributed by atoms with Crippen LogP contribution in [0.4, 0.5) is 5.69 Å². The lowest BCUT2D eigenvalue weighted by molar-refractivity contribution is -0.120. The number of benzene rings is 1. The molecule has 1 aromatic rings. The largest absolute Gasteiger partial charge is 0.274 e. The van der Waals surface area contributed by atoms with Crippen molar-refractivity contribution in [2.45, 2.75) is 12.8 Å². The summed E-state index contributed by atoms with van der Waals surface area (Å²) in [5.74, 6) is 1.98. The van der Waals surface area contributed by atoms with E-state index in [1.165, 1.54) is 0 Å². The predicted octanol–water partition coefficient (Wildman–Crippen LogP) is 1.68. The Morgan fingerprint density at radius 2 is 1.94 bits per heavy atom. The van der Waals surface area contributed by atoms with Gasteiger partial charge in [-0.2, -0.15) is 0 Å². The lowest BCUT2D eigenvalue weighted by Gasteiger charge is -2.13.